The first-order chi connectivity index (χ1) is 9.17. The Bertz CT molecular complexity index is 412. The molecule has 0 amide bonds. The fourth-order valence-electron chi connectivity index (χ4n) is 2.48. The van der Waals surface area contributed by atoms with Crippen molar-refractivity contribution in [2.45, 2.75) is 45.7 Å². The first-order valence-electron chi connectivity index (χ1n) is 7.32. The minimum Gasteiger partial charge on any atom is -0.310 e. The molecule has 0 spiro atoms. The SMILES string of the molecule is CCc1nn(C)c(CNCCN(CC)C2CC2)c1Cl. The highest BCUT2D eigenvalue weighted by Crippen LogP contribution is 2.26. The lowest BCUT2D eigenvalue weighted by molar-refractivity contribution is 0.276. The first kappa shape index (κ1) is 14.8. The van der Waals surface area contributed by atoms with Crippen molar-refractivity contribution in [3.63, 3.8) is 0 Å². The van der Waals surface area contributed by atoms with Crippen molar-refractivity contribution < 1.29 is 0 Å². The highest BCUT2D eigenvalue weighted by molar-refractivity contribution is 6.31. The maximum Gasteiger partial charge on any atom is 0.0863 e. The molecule has 2 rings (SSSR count). The molecule has 1 heterocycles. The molecule has 0 aromatic carbocycles. The zero-order valence-corrected chi connectivity index (χ0v) is 13.0. The van der Waals surface area contributed by atoms with Gasteiger partial charge in [0.15, 0.2) is 0 Å². The van der Waals surface area contributed by atoms with E-state index in [1.165, 1.54) is 12.8 Å². The Kier molecular flexibility index (Phi) is 5.25. The van der Waals surface area contributed by atoms with Gasteiger partial charge in [0.05, 0.1) is 16.4 Å². The van der Waals surface area contributed by atoms with Crippen molar-refractivity contribution in [2.75, 3.05) is 19.6 Å². The second-order valence-corrected chi connectivity index (χ2v) is 5.60. The van der Waals surface area contributed by atoms with Crippen molar-refractivity contribution in [3.05, 3.63) is 16.4 Å². The minimum absolute atomic E-state index is 0.796. The van der Waals surface area contributed by atoms with Crippen molar-refractivity contribution in [1.82, 2.24) is 20.0 Å². The standard InChI is InChI=1S/C14H25ClN4/c1-4-12-14(15)13(18(3)17-12)10-16-8-9-19(5-2)11-6-7-11/h11,16H,4-10H2,1-3H3. The van der Waals surface area contributed by atoms with Gasteiger partial charge in [-0.2, -0.15) is 5.10 Å². The van der Waals surface area contributed by atoms with Crippen molar-refractivity contribution in [3.8, 4) is 0 Å². The van der Waals surface area contributed by atoms with Crippen LogP contribution in [0, 0.1) is 0 Å². The Hall–Kier alpha value is -0.580. The molecule has 1 fully saturated rings. The van der Waals surface area contributed by atoms with Crippen molar-refractivity contribution in [2.24, 2.45) is 7.05 Å². The summed E-state index contributed by atoms with van der Waals surface area (Å²) < 4.78 is 1.90. The van der Waals surface area contributed by atoms with E-state index in [1.807, 2.05) is 11.7 Å². The third-order valence-corrected chi connectivity index (χ3v) is 4.28. The average molecular weight is 285 g/mol. The fraction of sp³-hybridized carbons (Fsp3) is 0.786. The Morgan fingerprint density at radius 3 is 2.68 bits per heavy atom. The summed E-state index contributed by atoms with van der Waals surface area (Å²) in [5.41, 5.74) is 2.09. The van der Waals surface area contributed by atoms with Gasteiger partial charge in [-0.3, -0.25) is 9.58 Å². The molecule has 1 aliphatic rings. The Morgan fingerprint density at radius 1 is 1.42 bits per heavy atom. The van der Waals surface area contributed by atoms with Gasteiger partial charge in [0.1, 0.15) is 0 Å². The molecule has 108 valence electrons. The van der Waals surface area contributed by atoms with Crippen LogP contribution in [-0.2, 0) is 20.0 Å². The van der Waals surface area contributed by atoms with E-state index >= 15 is 0 Å². The van der Waals surface area contributed by atoms with Crippen LogP contribution in [0.25, 0.3) is 0 Å². The molecule has 1 aromatic rings. The third-order valence-electron chi connectivity index (χ3n) is 3.84. The van der Waals surface area contributed by atoms with Crippen molar-refractivity contribution >= 4 is 11.6 Å². The van der Waals surface area contributed by atoms with Gasteiger partial charge in [0.2, 0.25) is 0 Å². The van der Waals surface area contributed by atoms with Crippen LogP contribution in [0.5, 0.6) is 0 Å². The van der Waals surface area contributed by atoms with Gasteiger partial charge in [-0.05, 0) is 25.8 Å². The molecule has 0 bridgehead atoms. The van der Waals surface area contributed by atoms with E-state index in [0.717, 1.165) is 55.1 Å². The van der Waals surface area contributed by atoms with E-state index in [9.17, 15) is 0 Å². The normalized spacial score (nSPS) is 15.4. The van der Waals surface area contributed by atoms with Gasteiger partial charge in [0.25, 0.3) is 0 Å². The van der Waals surface area contributed by atoms with Gasteiger partial charge in [0, 0.05) is 32.7 Å². The summed E-state index contributed by atoms with van der Waals surface area (Å²) in [7, 11) is 1.96. The van der Waals surface area contributed by atoms with Crippen LogP contribution in [-0.4, -0.2) is 40.4 Å². The topological polar surface area (TPSA) is 33.1 Å². The van der Waals surface area contributed by atoms with E-state index in [0.29, 0.717) is 0 Å². The summed E-state index contributed by atoms with van der Waals surface area (Å²) in [6.45, 7) is 8.40. The molecule has 0 atom stereocenters. The van der Waals surface area contributed by atoms with Crippen molar-refractivity contribution in [1.29, 1.82) is 0 Å². The Morgan fingerprint density at radius 2 is 2.16 bits per heavy atom. The smallest absolute Gasteiger partial charge is 0.0863 e. The zero-order valence-electron chi connectivity index (χ0n) is 12.2. The largest absolute Gasteiger partial charge is 0.310 e. The van der Waals surface area contributed by atoms with Gasteiger partial charge < -0.3 is 5.32 Å². The molecular weight excluding hydrogens is 260 g/mol. The van der Waals surface area contributed by atoms with Gasteiger partial charge in [-0.1, -0.05) is 25.4 Å². The molecule has 1 aromatic heterocycles. The van der Waals surface area contributed by atoms with Crippen LogP contribution >= 0.6 is 11.6 Å². The molecular formula is C14H25ClN4. The molecule has 0 radical (unpaired) electrons. The summed E-state index contributed by atoms with van der Waals surface area (Å²) in [6.07, 6.45) is 3.64. The summed E-state index contributed by atoms with van der Waals surface area (Å²) in [4.78, 5) is 2.55. The number of likely N-dealkylation sites (N-methyl/N-ethyl adjacent to an activating group) is 1. The Labute approximate surface area is 121 Å². The summed E-state index contributed by atoms with van der Waals surface area (Å²) in [5.74, 6) is 0. The molecule has 1 saturated carbocycles. The Balaban J connectivity index is 1.77. The highest BCUT2D eigenvalue weighted by Gasteiger charge is 2.27. The molecule has 0 unspecified atom stereocenters. The molecule has 1 N–H and O–H groups in total. The second kappa shape index (κ2) is 6.73. The van der Waals surface area contributed by atoms with Crippen LogP contribution in [0.4, 0.5) is 0 Å². The van der Waals surface area contributed by atoms with E-state index in [4.69, 9.17) is 11.6 Å². The quantitative estimate of drug-likeness (QED) is 0.743. The molecule has 4 nitrogen and oxygen atoms in total. The number of halogens is 1. The van der Waals surface area contributed by atoms with Crippen LogP contribution in [0.3, 0.4) is 0 Å². The van der Waals surface area contributed by atoms with Crippen LogP contribution in [0.15, 0.2) is 0 Å². The minimum atomic E-state index is 0.796. The van der Waals surface area contributed by atoms with Gasteiger partial charge in [-0.25, -0.2) is 0 Å². The molecule has 0 saturated heterocycles. The molecule has 1 aliphatic carbocycles. The average Bonchev–Trinajstić information content (AvgIpc) is 3.19. The van der Waals surface area contributed by atoms with Crippen LogP contribution < -0.4 is 5.32 Å². The summed E-state index contributed by atoms with van der Waals surface area (Å²) in [5, 5.41) is 8.74. The third kappa shape index (κ3) is 3.71. The number of rotatable bonds is 8. The number of nitrogens with zero attached hydrogens (tertiary/aromatic N) is 3. The number of nitrogens with one attached hydrogen (secondary N) is 1. The number of aryl methyl sites for hydroxylation is 2. The predicted octanol–water partition coefficient (Wildman–Crippen LogP) is 2.21. The number of hydrogen-bond donors (Lipinski definition) is 1. The maximum absolute atomic E-state index is 6.33. The maximum atomic E-state index is 6.33. The molecule has 5 heteroatoms. The van der Waals surface area contributed by atoms with Crippen LogP contribution in [0.2, 0.25) is 5.02 Å². The molecule has 19 heavy (non-hydrogen) atoms. The van der Waals surface area contributed by atoms with Crippen LogP contribution in [0.1, 0.15) is 38.1 Å². The lowest BCUT2D eigenvalue weighted by atomic mass is 10.3. The lowest BCUT2D eigenvalue weighted by Crippen LogP contribution is -2.33. The fourth-order valence-corrected chi connectivity index (χ4v) is 2.84. The second-order valence-electron chi connectivity index (χ2n) is 5.22. The predicted molar refractivity (Wildman–Crippen MR) is 79.6 cm³/mol. The van der Waals surface area contributed by atoms with E-state index in [-0.39, 0.29) is 0 Å². The van der Waals surface area contributed by atoms with E-state index in [1.54, 1.807) is 0 Å². The number of aromatic nitrogens is 2. The lowest BCUT2D eigenvalue weighted by Gasteiger charge is -2.19. The monoisotopic (exact) mass is 284 g/mol. The zero-order chi connectivity index (χ0) is 13.8. The first-order valence-corrected chi connectivity index (χ1v) is 7.70. The van der Waals surface area contributed by atoms with E-state index < -0.39 is 0 Å². The molecule has 0 aliphatic heterocycles. The summed E-state index contributed by atoms with van der Waals surface area (Å²) in [6, 6.07) is 0.846. The van der Waals surface area contributed by atoms with E-state index in [2.05, 4.69) is 29.2 Å². The number of hydrogen-bond acceptors (Lipinski definition) is 3. The van der Waals surface area contributed by atoms with Gasteiger partial charge >= 0.3 is 0 Å². The van der Waals surface area contributed by atoms with Gasteiger partial charge in [-0.15, -0.1) is 0 Å². The summed E-state index contributed by atoms with van der Waals surface area (Å²) >= 11 is 6.33. The highest BCUT2D eigenvalue weighted by atomic mass is 35.5.